The van der Waals surface area contributed by atoms with Crippen molar-refractivity contribution < 1.29 is 14.8 Å². The maximum Gasteiger partial charge on any atom is 0.321 e. The number of carbonyl (C=O) groups is 1. The van der Waals surface area contributed by atoms with Crippen molar-refractivity contribution in [1.29, 1.82) is 0 Å². The van der Waals surface area contributed by atoms with E-state index >= 15 is 0 Å². The van der Waals surface area contributed by atoms with Gasteiger partial charge in [0.1, 0.15) is 0 Å². The Morgan fingerprint density at radius 2 is 2.38 bits per heavy atom. The molecule has 1 atom stereocenters. The predicted molar refractivity (Wildman–Crippen MR) is 56.1 cm³/mol. The summed E-state index contributed by atoms with van der Waals surface area (Å²) in [4.78, 5) is 23.5. The quantitative estimate of drug-likeness (QED) is 0.500. The van der Waals surface area contributed by atoms with Crippen LogP contribution in [0.25, 0.3) is 0 Å². The summed E-state index contributed by atoms with van der Waals surface area (Å²) in [5.74, 6) is -0.644. The molecule has 7 heteroatoms. The van der Waals surface area contributed by atoms with Crippen molar-refractivity contribution in [2.24, 2.45) is 0 Å². The van der Waals surface area contributed by atoms with E-state index < -0.39 is 16.9 Å². The summed E-state index contributed by atoms with van der Waals surface area (Å²) in [7, 11) is 0. The van der Waals surface area contributed by atoms with Crippen LogP contribution >= 0.6 is 0 Å². The third kappa shape index (κ3) is 3.35. The van der Waals surface area contributed by atoms with Gasteiger partial charge in [-0.3, -0.25) is 4.79 Å². The molecule has 1 unspecified atom stereocenters. The summed E-state index contributed by atoms with van der Waals surface area (Å²) >= 11 is 0. The van der Waals surface area contributed by atoms with Gasteiger partial charge < -0.3 is 20.5 Å². The van der Waals surface area contributed by atoms with Crippen molar-refractivity contribution in [3.8, 4) is 0 Å². The second-order valence-corrected chi connectivity index (χ2v) is 3.41. The minimum absolute atomic E-state index is 0.136. The van der Waals surface area contributed by atoms with Crippen LogP contribution in [0.3, 0.4) is 0 Å². The number of nitro groups is 1. The maximum atomic E-state index is 11.4. The summed E-state index contributed by atoms with van der Waals surface area (Å²) < 4.78 is 0. The van der Waals surface area contributed by atoms with E-state index in [9.17, 15) is 14.9 Å². The third-order valence-corrected chi connectivity index (χ3v) is 1.96. The van der Waals surface area contributed by atoms with E-state index in [0.717, 1.165) is 0 Å². The highest BCUT2D eigenvalue weighted by molar-refractivity contribution is 5.92. The summed E-state index contributed by atoms with van der Waals surface area (Å²) in [5, 5.41) is 21.8. The monoisotopic (exact) mass is 227 g/mol. The smallest absolute Gasteiger partial charge is 0.321 e. The lowest BCUT2D eigenvalue weighted by Crippen LogP contribution is -2.26. The molecule has 0 aliphatic heterocycles. The number of nitrogens with one attached hydrogen (secondary N) is 2. The van der Waals surface area contributed by atoms with Crippen molar-refractivity contribution in [2.75, 3.05) is 6.54 Å². The van der Waals surface area contributed by atoms with E-state index in [1.807, 2.05) is 0 Å². The zero-order chi connectivity index (χ0) is 12.1. The van der Waals surface area contributed by atoms with Gasteiger partial charge in [0, 0.05) is 12.6 Å². The molecular formula is C9H13N3O4. The van der Waals surface area contributed by atoms with Crippen LogP contribution in [0, 0.1) is 10.1 Å². The number of nitrogens with zero attached hydrogens (tertiary/aromatic N) is 1. The van der Waals surface area contributed by atoms with Gasteiger partial charge in [-0.1, -0.05) is 0 Å². The molecule has 0 aliphatic rings. The van der Waals surface area contributed by atoms with Gasteiger partial charge in [0.05, 0.1) is 6.10 Å². The molecule has 7 nitrogen and oxygen atoms in total. The molecule has 1 amide bonds. The first-order chi connectivity index (χ1) is 7.50. The lowest BCUT2D eigenvalue weighted by molar-refractivity contribution is -0.389. The molecule has 1 rings (SSSR count). The van der Waals surface area contributed by atoms with Crippen molar-refractivity contribution in [3.63, 3.8) is 0 Å². The third-order valence-electron chi connectivity index (χ3n) is 1.96. The van der Waals surface area contributed by atoms with Gasteiger partial charge in [0.25, 0.3) is 5.91 Å². The normalized spacial score (nSPS) is 12.1. The Bertz CT molecular complexity index is 386. The molecule has 1 aromatic heterocycles. The minimum atomic E-state index is -0.605. The molecule has 0 radical (unpaired) electrons. The molecule has 0 aromatic carbocycles. The molecule has 1 aromatic rings. The van der Waals surface area contributed by atoms with Crippen molar-refractivity contribution in [1.82, 2.24) is 10.3 Å². The first-order valence-corrected chi connectivity index (χ1v) is 4.80. The molecule has 16 heavy (non-hydrogen) atoms. The minimum Gasteiger partial charge on any atom is -0.393 e. The zero-order valence-corrected chi connectivity index (χ0v) is 8.77. The van der Waals surface area contributed by atoms with E-state index in [-0.39, 0.29) is 11.5 Å². The predicted octanol–water partition coefficient (Wildman–Crippen LogP) is 0.424. The standard InChI is InChI=1S/C9H13N3O4/c1-6(13)4-5-10-9(14)7-2-3-8(11-7)12(15)16/h2-3,6,11,13H,4-5H2,1H3,(H,10,14). The zero-order valence-electron chi connectivity index (χ0n) is 8.77. The van der Waals surface area contributed by atoms with E-state index in [0.29, 0.717) is 13.0 Å². The van der Waals surface area contributed by atoms with Gasteiger partial charge in [0.15, 0.2) is 5.69 Å². The number of aliphatic hydroxyl groups is 1. The van der Waals surface area contributed by atoms with E-state index in [4.69, 9.17) is 5.11 Å². The largest absolute Gasteiger partial charge is 0.393 e. The lowest BCUT2D eigenvalue weighted by atomic mass is 10.3. The molecule has 0 aliphatic carbocycles. The molecule has 3 N–H and O–H groups in total. The molecule has 0 saturated heterocycles. The Morgan fingerprint density at radius 1 is 1.69 bits per heavy atom. The topological polar surface area (TPSA) is 108 Å². The molecule has 1 heterocycles. The maximum absolute atomic E-state index is 11.4. The number of carbonyl (C=O) groups excluding carboxylic acids is 1. The molecule has 0 fully saturated rings. The Kier molecular flexibility index (Phi) is 4.01. The van der Waals surface area contributed by atoms with Crippen LogP contribution < -0.4 is 5.32 Å². The number of hydrogen-bond donors (Lipinski definition) is 3. The Hall–Kier alpha value is -1.89. The van der Waals surface area contributed by atoms with E-state index in [1.54, 1.807) is 6.92 Å². The molecule has 0 saturated carbocycles. The Balaban J connectivity index is 2.50. The fourth-order valence-electron chi connectivity index (χ4n) is 1.11. The van der Waals surface area contributed by atoms with Gasteiger partial charge >= 0.3 is 5.82 Å². The second kappa shape index (κ2) is 5.26. The number of aliphatic hydroxyl groups excluding tert-OH is 1. The number of H-pyrrole nitrogens is 1. The number of rotatable bonds is 5. The van der Waals surface area contributed by atoms with Crippen LogP contribution in [-0.4, -0.2) is 33.6 Å². The average molecular weight is 227 g/mol. The number of aromatic nitrogens is 1. The van der Waals surface area contributed by atoms with Gasteiger partial charge in [-0.2, -0.15) is 0 Å². The van der Waals surface area contributed by atoms with Crippen LogP contribution in [0.5, 0.6) is 0 Å². The first-order valence-electron chi connectivity index (χ1n) is 4.80. The van der Waals surface area contributed by atoms with Gasteiger partial charge in [-0.15, -0.1) is 0 Å². The van der Waals surface area contributed by atoms with Crippen molar-refractivity contribution >= 4 is 11.7 Å². The molecule has 88 valence electrons. The van der Waals surface area contributed by atoms with Crippen molar-refractivity contribution in [2.45, 2.75) is 19.4 Å². The van der Waals surface area contributed by atoms with Crippen LogP contribution in [0.15, 0.2) is 12.1 Å². The summed E-state index contributed by atoms with van der Waals surface area (Å²) in [6.45, 7) is 1.94. The van der Waals surface area contributed by atoms with Gasteiger partial charge in [-0.25, -0.2) is 4.98 Å². The van der Waals surface area contributed by atoms with Crippen LogP contribution in [0.4, 0.5) is 5.82 Å². The number of hydrogen-bond acceptors (Lipinski definition) is 4. The van der Waals surface area contributed by atoms with Gasteiger partial charge in [-0.05, 0) is 24.3 Å². The van der Waals surface area contributed by atoms with Gasteiger partial charge in [0.2, 0.25) is 0 Å². The molecular weight excluding hydrogens is 214 g/mol. The highest BCUT2D eigenvalue weighted by Gasteiger charge is 2.14. The fraction of sp³-hybridized carbons (Fsp3) is 0.444. The lowest BCUT2D eigenvalue weighted by Gasteiger charge is -2.04. The van der Waals surface area contributed by atoms with Crippen LogP contribution in [0.2, 0.25) is 0 Å². The highest BCUT2D eigenvalue weighted by Crippen LogP contribution is 2.09. The average Bonchev–Trinajstić information content (AvgIpc) is 2.65. The summed E-state index contributed by atoms with van der Waals surface area (Å²) in [6.07, 6.45) is -0.0487. The Morgan fingerprint density at radius 3 is 2.88 bits per heavy atom. The highest BCUT2D eigenvalue weighted by atomic mass is 16.6. The van der Waals surface area contributed by atoms with E-state index in [2.05, 4.69) is 10.3 Å². The van der Waals surface area contributed by atoms with Crippen molar-refractivity contribution in [3.05, 3.63) is 27.9 Å². The fourth-order valence-corrected chi connectivity index (χ4v) is 1.11. The van der Waals surface area contributed by atoms with Crippen LogP contribution in [0.1, 0.15) is 23.8 Å². The van der Waals surface area contributed by atoms with E-state index in [1.165, 1.54) is 12.1 Å². The summed E-state index contributed by atoms with van der Waals surface area (Å²) in [5.41, 5.74) is 0.136. The summed E-state index contributed by atoms with van der Waals surface area (Å²) in [6, 6.07) is 2.57. The second-order valence-electron chi connectivity index (χ2n) is 3.41. The van der Waals surface area contributed by atoms with Crippen LogP contribution in [-0.2, 0) is 0 Å². The SMILES string of the molecule is CC(O)CCNC(=O)c1ccc([N+](=O)[O-])[nH]1. The molecule has 0 spiro atoms. The first kappa shape index (κ1) is 12.2. The number of aromatic amines is 1. The Labute approximate surface area is 91.6 Å². The number of amides is 1. The molecule has 0 bridgehead atoms.